The first-order valence-electron chi connectivity index (χ1n) is 7.68. The van der Waals surface area contributed by atoms with Gasteiger partial charge in [0.1, 0.15) is 5.75 Å². The lowest BCUT2D eigenvalue weighted by Crippen LogP contribution is -2.44. The third kappa shape index (κ3) is 5.05. The molecule has 1 aromatic rings. The van der Waals surface area contributed by atoms with Gasteiger partial charge in [-0.05, 0) is 36.0 Å². The number of benzene rings is 1. The molecular weight excluding hydrogens is 264 g/mol. The van der Waals surface area contributed by atoms with E-state index in [0.29, 0.717) is 24.9 Å². The molecule has 1 heterocycles. The van der Waals surface area contributed by atoms with E-state index in [1.807, 2.05) is 24.3 Å². The molecule has 0 spiro atoms. The molecule has 1 amide bonds. The Kier molecular flexibility index (Phi) is 5.62. The zero-order valence-corrected chi connectivity index (χ0v) is 13.3. The predicted octanol–water partition coefficient (Wildman–Crippen LogP) is 2.29. The minimum Gasteiger partial charge on any atom is -0.497 e. The van der Waals surface area contributed by atoms with Crippen LogP contribution in [0.4, 0.5) is 0 Å². The largest absolute Gasteiger partial charge is 0.497 e. The van der Waals surface area contributed by atoms with Crippen LogP contribution >= 0.6 is 0 Å². The van der Waals surface area contributed by atoms with Crippen LogP contribution < -0.4 is 10.1 Å². The van der Waals surface area contributed by atoms with Gasteiger partial charge >= 0.3 is 0 Å². The van der Waals surface area contributed by atoms with E-state index in [0.717, 1.165) is 24.4 Å². The Morgan fingerprint density at radius 3 is 2.71 bits per heavy atom. The molecule has 2 atom stereocenters. The van der Waals surface area contributed by atoms with E-state index in [1.54, 1.807) is 7.11 Å². The fourth-order valence-corrected chi connectivity index (χ4v) is 3.16. The fraction of sp³-hybridized carbons (Fsp3) is 0.588. The minimum atomic E-state index is 0.0964. The topological polar surface area (TPSA) is 41.6 Å². The summed E-state index contributed by atoms with van der Waals surface area (Å²) in [4.78, 5) is 14.3. The van der Waals surface area contributed by atoms with Crippen molar-refractivity contribution in [3.63, 3.8) is 0 Å². The number of hydrogen-bond donors (Lipinski definition) is 1. The molecule has 0 aliphatic carbocycles. The molecule has 1 aromatic carbocycles. The van der Waals surface area contributed by atoms with Gasteiger partial charge in [0.2, 0.25) is 5.91 Å². The Morgan fingerprint density at radius 1 is 1.33 bits per heavy atom. The van der Waals surface area contributed by atoms with Gasteiger partial charge in [-0.3, -0.25) is 9.69 Å². The second kappa shape index (κ2) is 7.46. The Morgan fingerprint density at radius 2 is 2.05 bits per heavy atom. The number of hydrogen-bond acceptors (Lipinski definition) is 3. The first kappa shape index (κ1) is 15.8. The average molecular weight is 290 g/mol. The second-order valence-electron chi connectivity index (χ2n) is 6.27. The number of amides is 1. The molecule has 21 heavy (non-hydrogen) atoms. The van der Waals surface area contributed by atoms with Crippen LogP contribution in [0, 0.1) is 11.8 Å². The summed E-state index contributed by atoms with van der Waals surface area (Å²) < 4.78 is 5.19. The monoisotopic (exact) mass is 290 g/mol. The van der Waals surface area contributed by atoms with Gasteiger partial charge in [0, 0.05) is 19.6 Å². The Hall–Kier alpha value is -1.55. The zero-order valence-electron chi connectivity index (χ0n) is 13.3. The molecule has 0 bridgehead atoms. The highest BCUT2D eigenvalue weighted by Gasteiger charge is 2.23. The molecule has 2 rings (SSSR count). The van der Waals surface area contributed by atoms with Gasteiger partial charge in [0.15, 0.2) is 0 Å². The van der Waals surface area contributed by atoms with Crippen LogP contribution in [0.5, 0.6) is 5.75 Å². The van der Waals surface area contributed by atoms with Crippen LogP contribution in [-0.2, 0) is 11.3 Å². The molecule has 4 nitrogen and oxygen atoms in total. The molecule has 2 unspecified atom stereocenters. The van der Waals surface area contributed by atoms with Crippen molar-refractivity contribution in [1.82, 2.24) is 10.2 Å². The highest BCUT2D eigenvalue weighted by molar-refractivity contribution is 5.78. The standard InChI is InChI=1S/C17H26N2O2/c1-13-7-14(2)11-19(10-13)12-17(20)18-9-15-5-4-6-16(8-15)21-3/h4-6,8,13-14H,7,9-12H2,1-3H3,(H,18,20). The van der Waals surface area contributed by atoms with Crippen LogP contribution in [0.3, 0.4) is 0 Å². The summed E-state index contributed by atoms with van der Waals surface area (Å²) in [7, 11) is 1.65. The van der Waals surface area contributed by atoms with Crippen molar-refractivity contribution >= 4 is 5.91 Å². The predicted molar refractivity (Wildman–Crippen MR) is 84.2 cm³/mol. The van der Waals surface area contributed by atoms with Crippen LogP contribution in [0.1, 0.15) is 25.8 Å². The van der Waals surface area contributed by atoms with E-state index < -0.39 is 0 Å². The maximum atomic E-state index is 12.1. The number of piperidine rings is 1. The van der Waals surface area contributed by atoms with E-state index in [9.17, 15) is 4.79 Å². The molecule has 1 saturated heterocycles. The van der Waals surface area contributed by atoms with E-state index in [-0.39, 0.29) is 5.91 Å². The summed E-state index contributed by atoms with van der Waals surface area (Å²) in [6.07, 6.45) is 1.27. The number of carbonyl (C=O) groups is 1. The first-order valence-corrected chi connectivity index (χ1v) is 7.68. The number of likely N-dealkylation sites (tertiary alicyclic amines) is 1. The Balaban J connectivity index is 1.79. The SMILES string of the molecule is COc1cccc(CNC(=O)CN2CC(C)CC(C)C2)c1. The van der Waals surface area contributed by atoms with E-state index >= 15 is 0 Å². The third-order valence-electron chi connectivity index (χ3n) is 3.94. The molecule has 0 saturated carbocycles. The summed E-state index contributed by atoms with van der Waals surface area (Å²) in [6, 6.07) is 7.79. The lowest BCUT2D eigenvalue weighted by atomic mass is 9.92. The van der Waals surface area contributed by atoms with E-state index in [1.165, 1.54) is 6.42 Å². The van der Waals surface area contributed by atoms with Gasteiger partial charge in [0.05, 0.1) is 13.7 Å². The molecule has 4 heteroatoms. The molecule has 1 fully saturated rings. The van der Waals surface area contributed by atoms with Crippen molar-refractivity contribution in [2.45, 2.75) is 26.8 Å². The quantitative estimate of drug-likeness (QED) is 0.904. The second-order valence-corrected chi connectivity index (χ2v) is 6.27. The van der Waals surface area contributed by atoms with Gasteiger partial charge in [-0.15, -0.1) is 0 Å². The summed E-state index contributed by atoms with van der Waals surface area (Å²) in [6.45, 7) is 7.62. The molecule has 0 radical (unpaired) electrons. The van der Waals surface area contributed by atoms with Gasteiger partial charge in [0.25, 0.3) is 0 Å². The molecule has 1 aliphatic rings. The summed E-state index contributed by atoms with van der Waals surface area (Å²) >= 11 is 0. The summed E-state index contributed by atoms with van der Waals surface area (Å²) in [5.41, 5.74) is 1.06. The molecule has 116 valence electrons. The maximum absolute atomic E-state index is 12.1. The fourth-order valence-electron chi connectivity index (χ4n) is 3.16. The molecule has 1 aliphatic heterocycles. The van der Waals surface area contributed by atoms with Crippen molar-refractivity contribution in [2.24, 2.45) is 11.8 Å². The highest BCUT2D eigenvalue weighted by atomic mass is 16.5. The Bertz CT molecular complexity index is 466. The van der Waals surface area contributed by atoms with Crippen LogP contribution in [0.25, 0.3) is 0 Å². The van der Waals surface area contributed by atoms with Crippen molar-refractivity contribution in [3.05, 3.63) is 29.8 Å². The van der Waals surface area contributed by atoms with Crippen molar-refractivity contribution < 1.29 is 9.53 Å². The van der Waals surface area contributed by atoms with Gasteiger partial charge in [-0.2, -0.15) is 0 Å². The van der Waals surface area contributed by atoms with E-state index in [2.05, 4.69) is 24.1 Å². The van der Waals surface area contributed by atoms with E-state index in [4.69, 9.17) is 4.74 Å². The number of nitrogens with zero attached hydrogens (tertiary/aromatic N) is 1. The minimum absolute atomic E-state index is 0.0964. The number of carbonyl (C=O) groups excluding carboxylic acids is 1. The lowest BCUT2D eigenvalue weighted by Gasteiger charge is -2.34. The molecule has 0 aromatic heterocycles. The van der Waals surface area contributed by atoms with Gasteiger partial charge in [-0.1, -0.05) is 26.0 Å². The number of nitrogens with one attached hydrogen (secondary N) is 1. The van der Waals surface area contributed by atoms with Crippen molar-refractivity contribution in [2.75, 3.05) is 26.7 Å². The maximum Gasteiger partial charge on any atom is 0.234 e. The number of ether oxygens (including phenoxy) is 1. The van der Waals surface area contributed by atoms with Crippen LogP contribution in [0.15, 0.2) is 24.3 Å². The van der Waals surface area contributed by atoms with Gasteiger partial charge < -0.3 is 10.1 Å². The van der Waals surface area contributed by atoms with Gasteiger partial charge in [-0.25, -0.2) is 0 Å². The van der Waals surface area contributed by atoms with Crippen molar-refractivity contribution in [3.8, 4) is 5.75 Å². The van der Waals surface area contributed by atoms with Crippen LogP contribution in [-0.4, -0.2) is 37.6 Å². The smallest absolute Gasteiger partial charge is 0.234 e. The lowest BCUT2D eigenvalue weighted by molar-refractivity contribution is -0.123. The third-order valence-corrected chi connectivity index (χ3v) is 3.94. The summed E-state index contributed by atoms with van der Waals surface area (Å²) in [5, 5.41) is 2.99. The normalized spacial score (nSPS) is 22.8. The van der Waals surface area contributed by atoms with Crippen molar-refractivity contribution in [1.29, 1.82) is 0 Å². The zero-order chi connectivity index (χ0) is 15.2. The highest BCUT2D eigenvalue weighted by Crippen LogP contribution is 2.20. The molecule has 1 N–H and O–H groups in total. The molecular formula is C17H26N2O2. The number of methoxy groups -OCH3 is 1. The number of rotatable bonds is 5. The first-order chi connectivity index (χ1) is 10.1. The van der Waals surface area contributed by atoms with Crippen LogP contribution in [0.2, 0.25) is 0 Å². The average Bonchev–Trinajstić information content (AvgIpc) is 2.44. The summed E-state index contributed by atoms with van der Waals surface area (Å²) in [5.74, 6) is 2.28. The Labute approximate surface area is 127 Å².